The second-order valence-electron chi connectivity index (χ2n) is 5.89. The summed E-state index contributed by atoms with van der Waals surface area (Å²) in [6.07, 6.45) is 2.50. The van der Waals surface area contributed by atoms with Crippen LogP contribution in [-0.2, 0) is 13.0 Å². The molecule has 1 N–H and O–H groups in total. The van der Waals surface area contributed by atoms with E-state index in [4.69, 9.17) is 11.6 Å². The van der Waals surface area contributed by atoms with Gasteiger partial charge in [-0.2, -0.15) is 0 Å². The number of amides is 2. The first-order valence-corrected chi connectivity index (χ1v) is 8.84. The van der Waals surface area contributed by atoms with Gasteiger partial charge in [0.2, 0.25) is 0 Å². The molecule has 0 fully saturated rings. The molecule has 132 valence electrons. The summed E-state index contributed by atoms with van der Waals surface area (Å²) in [5.74, 6) is 0. The van der Waals surface area contributed by atoms with Crippen molar-refractivity contribution in [2.75, 3.05) is 11.9 Å². The minimum absolute atomic E-state index is 0.195. The average Bonchev–Trinajstić information content (AvgIpc) is 2.68. The Kier molecular flexibility index (Phi) is 6.23. The molecule has 2 aromatic carbocycles. The standard InChI is InChI=1S/C21H20ClN3O/c22-19-11-4-5-12-20(19)24-21(26)25(16-18-10-6-7-14-23-18)15-13-17-8-2-1-3-9-17/h1-12,14H,13,15-16H2,(H,24,26). The fraction of sp³-hybridized carbons (Fsp3) is 0.143. The van der Waals surface area contributed by atoms with Gasteiger partial charge in [-0.15, -0.1) is 0 Å². The number of anilines is 1. The Morgan fingerprint density at radius 3 is 2.42 bits per heavy atom. The largest absolute Gasteiger partial charge is 0.322 e. The van der Waals surface area contributed by atoms with Gasteiger partial charge in [-0.1, -0.05) is 60.1 Å². The van der Waals surface area contributed by atoms with Crippen molar-refractivity contribution in [1.82, 2.24) is 9.88 Å². The average molecular weight is 366 g/mol. The van der Waals surface area contributed by atoms with Crippen molar-refractivity contribution in [3.05, 3.63) is 95.3 Å². The van der Waals surface area contributed by atoms with E-state index in [0.717, 1.165) is 12.1 Å². The number of para-hydroxylation sites is 1. The number of halogens is 1. The molecule has 0 aliphatic heterocycles. The zero-order chi connectivity index (χ0) is 18.2. The van der Waals surface area contributed by atoms with Gasteiger partial charge in [-0.3, -0.25) is 4.98 Å². The molecule has 0 radical (unpaired) electrons. The molecule has 0 spiro atoms. The molecule has 0 saturated carbocycles. The van der Waals surface area contributed by atoms with Crippen LogP contribution in [0.4, 0.5) is 10.5 Å². The van der Waals surface area contributed by atoms with Gasteiger partial charge in [0.25, 0.3) is 0 Å². The number of rotatable bonds is 6. The Morgan fingerprint density at radius 2 is 1.69 bits per heavy atom. The number of pyridine rings is 1. The van der Waals surface area contributed by atoms with Crippen LogP contribution in [0.2, 0.25) is 5.02 Å². The van der Waals surface area contributed by atoms with Crippen molar-refractivity contribution in [1.29, 1.82) is 0 Å². The molecule has 1 heterocycles. The fourth-order valence-corrected chi connectivity index (χ4v) is 2.79. The maximum Gasteiger partial charge on any atom is 0.322 e. The summed E-state index contributed by atoms with van der Waals surface area (Å²) < 4.78 is 0. The van der Waals surface area contributed by atoms with Gasteiger partial charge in [0.15, 0.2) is 0 Å². The number of urea groups is 1. The Balaban J connectivity index is 1.73. The van der Waals surface area contributed by atoms with Crippen LogP contribution in [-0.4, -0.2) is 22.5 Å². The van der Waals surface area contributed by atoms with E-state index in [1.807, 2.05) is 48.5 Å². The molecule has 26 heavy (non-hydrogen) atoms. The van der Waals surface area contributed by atoms with Crippen LogP contribution in [0, 0.1) is 0 Å². The van der Waals surface area contributed by atoms with Crippen molar-refractivity contribution in [3.63, 3.8) is 0 Å². The Labute approximate surface area is 158 Å². The van der Waals surface area contributed by atoms with Crippen LogP contribution >= 0.6 is 11.6 Å². The molecule has 1 aromatic heterocycles. The van der Waals surface area contributed by atoms with E-state index in [9.17, 15) is 4.79 Å². The van der Waals surface area contributed by atoms with Crippen molar-refractivity contribution in [2.24, 2.45) is 0 Å². The van der Waals surface area contributed by atoms with E-state index in [1.165, 1.54) is 5.56 Å². The molecule has 5 heteroatoms. The highest BCUT2D eigenvalue weighted by molar-refractivity contribution is 6.33. The highest BCUT2D eigenvalue weighted by Gasteiger charge is 2.16. The maximum atomic E-state index is 12.8. The predicted octanol–water partition coefficient (Wildman–Crippen LogP) is 5.01. The van der Waals surface area contributed by atoms with Crippen LogP contribution in [0.15, 0.2) is 79.0 Å². The molecule has 3 rings (SSSR count). The lowest BCUT2D eigenvalue weighted by Gasteiger charge is -2.23. The molecule has 0 atom stereocenters. The molecule has 4 nitrogen and oxygen atoms in total. The van der Waals surface area contributed by atoms with Crippen molar-refractivity contribution < 1.29 is 4.79 Å². The lowest BCUT2D eigenvalue weighted by atomic mass is 10.1. The van der Waals surface area contributed by atoms with Crippen LogP contribution in [0.1, 0.15) is 11.3 Å². The number of carbonyl (C=O) groups is 1. The number of carbonyl (C=O) groups excluding carboxylic acids is 1. The molecule has 2 amide bonds. The van der Waals surface area contributed by atoms with Gasteiger partial charge in [-0.05, 0) is 36.2 Å². The first-order chi connectivity index (χ1) is 12.7. The summed E-state index contributed by atoms with van der Waals surface area (Å²) in [7, 11) is 0. The predicted molar refractivity (Wildman–Crippen MR) is 105 cm³/mol. The zero-order valence-electron chi connectivity index (χ0n) is 14.3. The molecule has 0 unspecified atom stereocenters. The Bertz CT molecular complexity index is 840. The minimum atomic E-state index is -0.195. The van der Waals surface area contributed by atoms with E-state index in [1.54, 1.807) is 23.2 Å². The van der Waals surface area contributed by atoms with E-state index in [2.05, 4.69) is 22.4 Å². The number of hydrogen-bond acceptors (Lipinski definition) is 2. The monoisotopic (exact) mass is 365 g/mol. The van der Waals surface area contributed by atoms with Crippen LogP contribution in [0.5, 0.6) is 0 Å². The minimum Gasteiger partial charge on any atom is -0.318 e. The zero-order valence-corrected chi connectivity index (χ0v) is 15.1. The van der Waals surface area contributed by atoms with Crippen molar-refractivity contribution in [3.8, 4) is 0 Å². The van der Waals surface area contributed by atoms with Gasteiger partial charge >= 0.3 is 6.03 Å². The van der Waals surface area contributed by atoms with Crippen LogP contribution in [0.3, 0.4) is 0 Å². The third-order valence-corrected chi connectivity index (χ3v) is 4.32. The summed E-state index contributed by atoms with van der Waals surface area (Å²) in [4.78, 5) is 18.9. The number of nitrogens with one attached hydrogen (secondary N) is 1. The second-order valence-corrected chi connectivity index (χ2v) is 6.30. The second kappa shape index (κ2) is 9.02. The first kappa shape index (κ1) is 18.0. The van der Waals surface area contributed by atoms with Gasteiger partial charge in [-0.25, -0.2) is 4.79 Å². The molecule has 0 aliphatic carbocycles. The van der Waals surface area contributed by atoms with Gasteiger partial charge in [0.1, 0.15) is 0 Å². The highest BCUT2D eigenvalue weighted by Crippen LogP contribution is 2.21. The van der Waals surface area contributed by atoms with Gasteiger partial charge < -0.3 is 10.2 Å². The Hall–Kier alpha value is -2.85. The number of hydrogen-bond donors (Lipinski definition) is 1. The highest BCUT2D eigenvalue weighted by atomic mass is 35.5. The lowest BCUT2D eigenvalue weighted by molar-refractivity contribution is 0.209. The summed E-state index contributed by atoms with van der Waals surface area (Å²) in [5, 5.41) is 3.41. The van der Waals surface area contributed by atoms with E-state index in [0.29, 0.717) is 23.8 Å². The van der Waals surface area contributed by atoms with Crippen LogP contribution < -0.4 is 5.32 Å². The SMILES string of the molecule is O=C(Nc1ccccc1Cl)N(CCc1ccccc1)Cc1ccccn1. The maximum absolute atomic E-state index is 12.8. The summed E-state index contributed by atoms with van der Waals surface area (Å²) >= 11 is 6.16. The van der Waals surface area contributed by atoms with Crippen molar-refractivity contribution >= 4 is 23.3 Å². The number of aromatic nitrogens is 1. The summed E-state index contributed by atoms with van der Waals surface area (Å²) in [5.41, 5.74) is 2.63. The van der Waals surface area contributed by atoms with E-state index >= 15 is 0 Å². The van der Waals surface area contributed by atoms with Gasteiger partial charge in [0, 0.05) is 12.7 Å². The molecule has 0 saturated heterocycles. The normalized spacial score (nSPS) is 10.3. The molecular formula is C21H20ClN3O. The number of nitrogens with zero attached hydrogens (tertiary/aromatic N) is 2. The molecular weight excluding hydrogens is 346 g/mol. The third kappa shape index (κ3) is 5.07. The van der Waals surface area contributed by atoms with E-state index < -0.39 is 0 Å². The third-order valence-electron chi connectivity index (χ3n) is 3.99. The first-order valence-electron chi connectivity index (χ1n) is 8.46. The summed E-state index contributed by atoms with van der Waals surface area (Å²) in [6.45, 7) is 1.01. The summed E-state index contributed by atoms with van der Waals surface area (Å²) in [6, 6.07) is 22.8. The fourth-order valence-electron chi connectivity index (χ4n) is 2.61. The molecule has 3 aromatic rings. The van der Waals surface area contributed by atoms with E-state index in [-0.39, 0.29) is 6.03 Å². The lowest BCUT2D eigenvalue weighted by Crippen LogP contribution is -2.36. The topological polar surface area (TPSA) is 45.2 Å². The molecule has 0 aliphatic rings. The quantitative estimate of drug-likeness (QED) is 0.667. The smallest absolute Gasteiger partial charge is 0.318 e. The Morgan fingerprint density at radius 1 is 0.962 bits per heavy atom. The van der Waals surface area contributed by atoms with Crippen molar-refractivity contribution in [2.45, 2.75) is 13.0 Å². The van der Waals surface area contributed by atoms with Crippen LogP contribution in [0.25, 0.3) is 0 Å². The van der Waals surface area contributed by atoms with Gasteiger partial charge in [0.05, 0.1) is 22.9 Å². The molecule has 0 bridgehead atoms. The number of benzene rings is 2.